The molecule has 0 N–H and O–H groups in total. The molecule has 15 heavy (non-hydrogen) atoms. The molecule has 70 valence electrons. The van der Waals surface area contributed by atoms with Crippen LogP contribution in [0.25, 0.3) is 10.9 Å². The van der Waals surface area contributed by atoms with Gasteiger partial charge in [-0.3, -0.25) is 4.98 Å². The zero-order valence-corrected chi connectivity index (χ0v) is 7.88. The lowest BCUT2D eigenvalue weighted by Crippen LogP contribution is -1.95. The average molecular weight is 193 g/mol. The van der Waals surface area contributed by atoms with Crippen molar-refractivity contribution in [1.29, 1.82) is 10.5 Å². The molecule has 1 heterocycles. The average Bonchev–Trinajstić information content (AvgIpc) is 2.30. The van der Waals surface area contributed by atoms with Gasteiger partial charge in [0.05, 0.1) is 23.3 Å². The third kappa shape index (κ3) is 1.63. The summed E-state index contributed by atoms with van der Waals surface area (Å²) in [6.45, 7) is 0. The highest BCUT2D eigenvalue weighted by Crippen LogP contribution is 2.16. The van der Waals surface area contributed by atoms with E-state index in [1.54, 1.807) is 6.07 Å². The molecule has 0 aliphatic rings. The number of benzene rings is 1. The van der Waals surface area contributed by atoms with Gasteiger partial charge in [0.2, 0.25) is 0 Å². The van der Waals surface area contributed by atoms with Crippen LogP contribution in [0.4, 0.5) is 0 Å². The molecular formula is C12H7N3. The standard InChI is InChI=1S/C12H7N3/c13-7-10(8-14)12-6-5-9-3-1-2-4-11(9)15-12/h1-6,10H. The summed E-state index contributed by atoms with van der Waals surface area (Å²) in [5, 5.41) is 18.5. The van der Waals surface area contributed by atoms with Crippen molar-refractivity contribution in [1.82, 2.24) is 4.98 Å². The van der Waals surface area contributed by atoms with Crippen molar-refractivity contribution in [3.63, 3.8) is 0 Å². The van der Waals surface area contributed by atoms with E-state index in [1.165, 1.54) is 0 Å². The van der Waals surface area contributed by atoms with Gasteiger partial charge in [-0.1, -0.05) is 24.3 Å². The number of pyridine rings is 1. The number of hydrogen-bond donors (Lipinski definition) is 0. The number of para-hydroxylation sites is 1. The number of rotatable bonds is 1. The molecule has 2 aromatic rings. The Kier molecular flexibility index (Phi) is 2.31. The van der Waals surface area contributed by atoms with Gasteiger partial charge in [-0.2, -0.15) is 10.5 Å². The van der Waals surface area contributed by atoms with Crippen LogP contribution in [0.15, 0.2) is 36.4 Å². The Bertz CT molecular complexity index is 561. The molecular weight excluding hydrogens is 186 g/mol. The second-order valence-electron chi connectivity index (χ2n) is 3.12. The van der Waals surface area contributed by atoms with Crippen LogP contribution in [0.5, 0.6) is 0 Å². The fourth-order valence-corrected chi connectivity index (χ4v) is 1.40. The SMILES string of the molecule is N#CC(C#N)c1ccc2ccccc2n1. The van der Waals surface area contributed by atoms with E-state index in [1.807, 2.05) is 42.5 Å². The highest BCUT2D eigenvalue weighted by Gasteiger charge is 2.10. The first kappa shape index (κ1) is 9.18. The number of nitriles is 2. The van der Waals surface area contributed by atoms with Gasteiger partial charge >= 0.3 is 0 Å². The molecule has 1 aromatic carbocycles. The van der Waals surface area contributed by atoms with E-state index in [2.05, 4.69) is 4.98 Å². The van der Waals surface area contributed by atoms with Gasteiger partial charge in [0.1, 0.15) is 0 Å². The zero-order valence-electron chi connectivity index (χ0n) is 7.88. The normalized spacial score (nSPS) is 9.80. The van der Waals surface area contributed by atoms with Crippen molar-refractivity contribution < 1.29 is 0 Å². The van der Waals surface area contributed by atoms with Crippen LogP contribution in [-0.2, 0) is 0 Å². The molecule has 1 aromatic heterocycles. The van der Waals surface area contributed by atoms with E-state index in [0.717, 1.165) is 10.9 Å². The molecule has 0 aliphatic carbocycles. The van der Waals surface area contributed by atoms with Gasteiger partial charge in [-0.15, -0.1) is 0 Å². The number of fused-ring (bicyclic) bond motifs is 1. The van der Waals surface area contributed by atoms with Gasteiger partial charge < -0.3 is 0 Å². The molecule has 0 amide bonds. The fraction of sp³-hybridized carbons (Fsp3) is 0.0833. The van der Waals surface area contributed by atoms with E-state index >= 15 is 0 Å². The molecule has 0 radical (unpaired) electrons. The van der Waals surface area contributed by atoms with E-state index in [4.69, 9.17) is 10.5 Å². The second kappa shape index (κ2) is 3.77. The third-order valence-corrected chi connectivity index (χ3v) is 2.17. The first-order valence-electron chi connectivity index (χ1n) is 4.50. The quantitative estimate of drug-likeness (QED) is 0.698. The number of aromatic nitrogens is 1. The highest BCUT2D eigenvalue weighted by atomic mass is 14.7. The lowest BCUT2D eigenvalue weighted by molar-refractivity contribution is 1.03. The van der Waals surface area contributed by atoms with E-state index in [0.29, 0.717) is 5.69 Å². The van der Waals surface area contributed by atoms with Gasteiger partial charge in [0.25, 0.3) is 0 Å². The molecule has 3 heteroatoms. The molecule has 0 spiro atoms. The highest BCUT2D eigenvalue weighted by molar-refractivity contribution is 5.78. The maximum Gasteiger partial charge on any atom is 0.175 e. The van der Waals surface area contributed by atoms with Crippen molar-refractivity contribution in [3.8, 4) is 12.1 Å². The van der Waals surface area contributed by atoms with Gasteiger partial charge in [-0.05, 0) is 12.1 Å². The van der Waals surface area contributed by atoms with Crippen molar-refractivity contribution >= 4 is 10.9 Å². The van der Waals surface area contributed by atoms with Crippen molar-refractivity contribution in [2.75, 3.05) is 0 Å². The summed E-state index contributed by atoms with van der Waals surface area (Å²) in [7, 11) is 0. The minimum atomic E-state index is -0.783. The molecule has 0 aliphatic heterocycles. The Hall–Kier alpha value is -2.39. The summed E-state index contributed by atoms with van der Waals surface area (Å²) in [5.74, 6) is -0.783. The topological polar surface area (TPSA) is 60.5 Å². The van der Waals surface area contributed by atoms with Crippen molar-refractivity contribution in [3.05, 3.63) is 42.1 Å². The number of nitrogens with zero attached hydrogens (tertiary/aromatic N) is 3. The predicted octanol–water partition coefficient (Wildman–Crippen LogP) is 2.37. The van der Waals surface area contributed by atoms with Crippen LogP contribution in [0.2, 0.25) is 0 Å². The smallest absolute Gasteiger partial charge is 0.175 e. The summed E-state index contributed by atoms with van der Waals surface area (Å²) in [6, 6.07) is 15.0. The van der Waals surface area contributed by atoms with Crippen LogP contribution < -0.4 is 0 Å². The predicted molar refractivity (Wildman–Crippen MR) is 55.7 cm³/mol. The third-order valence-electron chi connectivity index (χ3n) is 2.17. The van der Waals surface area contributed by atoms with E-state index in [-0.39, 0.29) is 0 Å². The van der Waals surface area contributed by atoms with Gasteiger partial charge in [0, 0.05) is 5.39 Å². The lowest BCUT2D eigenvalue weighted by Gasteiger charge is -2.01. The molecule has 3 nitrogen and oxygen atoms in total. The van der Waals surface area contributed by atoms with Gasteiger partial charge in [-0.25, -0.2) is 0 Å². The first-order valence-corrected chi connectivity index (χ1v) is 4.50. The Labute approximate surface area is 87.2 Å². The van der Waals surface area contributed by atoms with E-state index < -0.39 is 5.92 Å². The summed E-state index contributed by atoms with van der Waals surface area (Å²) in [5.41, 5.74) is 1.32. The summed E-state index contributed by atoms with van der Waals surface area (Å²) in [6.07, 6.45) is 0. The van der Waals surface area contributed by atoms with Crippen molar-refractivity contribution in [2.45, 2.75) is 5.92 Å². The molecule has 0 saturated heterocycles. The molecule has 0 unspecified atom stereocenters. The van der Waals surface area contributed by atoms with Crippen LogP contribution in [-0.4, -0.2) is 4.98 Å². The molecule has 0 atom stereocenters. The second-order valence-corrected chi connectivity index (χ2v) is 3.12. The Morgan fingerprint density at radius 1 is 1.00 bits per heavy atom. The van der Waals surface area contributed by atoms with E-state index in [9.17, 15) is 0 Å². The Morgan fingerprint density at radius 2 is 1.73 bits per heavy atom. The Balaban J connectivity index is 2.58. The molecule has 0 saturated carbocycles. The zero-order chi connectivity index (χ0) is 10.7. The molecule has 0 fully saturated rings. The lowest BCUT2D eigenvalue weighted by atomic mass is 10.1. The minimum Gasteiger partial charge on any atom is -0.250 e. The maximum atomic E-state index is 8.74. The van der Waals surface area contributed by atoms with Crippen LogP contribution in [0, 0.1) is 22.7 Å². The molecule has 2 rings (SSSR count). The Morgan fingerprint density at radius 3 is 2.47 bits per heavy atom. The molecule has 0 bridgehead atoms. The largest absolute Gasteiger partial charge is 0.250 e. The number of hydrogen-bond acceptors (Lipinski definition) is 3. The summed E-state index contributed by atoms with van der Waals surface area (Å²) < 4.78 is 0. The van der Waals surface area contributed by atoms with Crippen molar-refractivity contribution in [2.24, 2.45) is 0 Å². The van der Waals surface area contributed by atoms with Gasteiger partial charge in [0.15, 0.2) is 5.92 Å². The fourth-order valence-electron chi connectivity index (χ4n) is 1.40. The maximum absolute atomic E-state index is 8.74. The monoisotopic (exact) mass is 193 g/mol. The summed E-state index contributed by atoms with van der Waals surface area (Å²) >= 11 is 0. The van der Waals surface area contributed by atoms with Crippen LogP contribution in [0.1, 0.15) is 11.6 Å². The van der Waals surface area contributed by atoms with Crippen LogP contribution >= 0.6 is 0 Å². The first-order chi connectivity index (χ1) is 7.35. The minimum absolute atomic E-state index is 0.513. The summed E-state index contributed by atoms with van der Waals surface area (Å²) in [4.78, 5) is 4.27. The van der Waals surface area contributed by atoms with Crippen LogP contribution in [0.3, 0.4) is 0 Å².